The van der Waals surface area contributed by atoms with Crippen molar-refractivity contribution in [3.63, 3.8) is 0 Å². The van der Waals surface area contributed by atoms with Crippen LogP contribution < -0.4 is 14.8 Å². The minimum atomic E-state index is -1.07. The Balaban J connectivity index is 2.67. The highest BCUT2D eigenvalue weighted by atomic mass is 127. The van der Waals surface area contributed by atoms with Gasteiger partial charge in [-0.15, -0.1) is 6.58 Å². The number of nitro benzene ring substituents is 1. The highest BCUT2D eigenvalue weighted by Gasteiger charge is 2.34. The lowest BCUT2D eigenvalue weighted by atomic mass is 10.00. The van der Waals surface area contributed by atoms with Gasteiger partial charge in [0.15, 0.2) is 0 Å². The maximum atomic E-state index is 13.8. The lowest BCUT2D eigenvalue weighted by molar-refractivity contribution is -0.384. The molecule has 2 rings (SSSR count). The molecule has 1 unspecified atom stereocenters. The first-order chi connectivity index (χ1) is 15.9. The molecule has 0 aliphatic heterocycles. The lowest BCUT2D eigenvalue weighted by Gasteiger charge is -2.33. The summed E-state index contributed by atoms with van der Waals surface area (Å²) in [4.78, 5) is 39.2. The van der Waals surface area contributed by atoms with Gasteiger partial charge < -0.3 is 19.7 Å². The van der Waals surface area contributed by atoms with E-state index in [1.165, 1.54) is 49.5 Å². The molecule has 10 heteroatoms. The second kappa shape index (κ2) is 11.3. The minimum absolute atomic E-state index is 0.0493. The zero-order chi connectivity index (χ0) is 25.6. The molecular formula is C24H28IN3O6. The van der Waals surface area contributed by atoms with E-state index >= 15 is 0 Å². The van der Waals surface area contributed by atoms with Crippen LogP contribution in [-0.2, 0) is 4.79 Å². The van der Waals surface area contributed by atoms with Gasteiger partial charge in [0.2, 0.25) is 5.91 Å². The van der Waals surface area contributed by atoms with Gasteiger partial charge in [-0.2, -0.15) is 0 Å². The van der Waals surface area contributed by atoms with Crippen molar-refractivity contribution in [1.82, 2.24) is 10.2 Å². The average molecular weight is 581 g/mol. The third-order valence-electron chi connectivity index (χ3n) is 4.76. The Kier molecular flexibility index (Phi) is 9.02. The summed E-state index contributed by atoms with van der Waals surface area (Å²) in [5.41, 5.74) is 0.0148. The van der Waals surface area contributed by atoms with Crippen molar-refractivity contribution in [3.05, 3.63) is 73.9 Å². The number of carbonyl (C=O) groups excluding carboxylic acids is 2. The molecule has 9 nitrogen and oxygen atoms in total. The van der Waals surface area contributed by atoms with E-state index in [1.807, 2.05) is 43.4 Å². The largest absolute Gasteiger partial charge is 0.497 e. The number of methoxy groups -OCH3 is 2. The third-order valence-corrected chi connectivity index (χ3v) is 5.88. The number of nitrogens with one attached hydrogen (secondary N) is 1. The van der Waals surface area contributed by atoms with Crippen molar-refractivity contribution in [2.45, 2.75) is 32.4 Å². The molecule has 0 saturated carbocycles. The summed E-state index contributed by atoms with van der Waals surface area (Å²) >= 11 is 2.01. The average Bonchev–Trinajstić information content (AvgIpc) is 2.77. The fraction of sp³-hybridized carbons (Fsp3) is 0.333. The van der Waals surface area contributed by atoms with E-state index in [0.717, 1.165) is 0 Å². The van der Waals surface area contributed by atoms with Crippen LogP contribution in [0.3, 0.4) is 0 Å². The first-order valence-corrected chi connectivity index (χ1v) is 11.4. The van der Waals surface area contributed by atoms with Crippen LogP contribution in [0.15, 0.2) is 49.1 Å². The molecule has 2 amide bonds. The summed E-state index contributed by atoms with van der Waals surface area (Å²) in [5.74, 6) is -0.00610. The van der Waals surface area contributed by atoms with E-state index in [9.17, 15) is 19.7 Å². The molecule has 0 radical (unpaired) electrons. The zero-order valence-corrected chi connectivity index (χ0v) is 21.9. The Morgan fingerprint density at radius 3 is 2.29 bits per heavy atom. The molecule has 0 fully saturated rings. The first kappa shape index (κ1) is 27.1. The van der Waals surface area contributed by atoms with Crippen molar-refractivity contribution in [1.29, 1.82) is 0 Å². The second-order valence-electron chi connectivity index (χ2n) is 8.43. The normalized spacial score (nSPS) is 11.8. The molecule has 0 saturated heterocycles. The van der Waals surface area contributed by atoms with Gasteiger partial charge in [0.05, 0.1) is 28.3 Å². The maximum absolute atomic E-state index is 13.8. The predicted octanol–water partition coefficient (Wildman–Crippen LogP) is 4.50. The number of nitrogens with zero attached hydrogens (tertiary/aromatic N) is 2. The standard InChI is InChI=1S/C24H28IN3O6/c1-7-12-27(23(30)18-13-17(33-5)14-19(34-6)20(18)25)21(22(29)26-24(2,3)4)15-8-10-16(11-9-15)28(31)32/h7-11,13-14,21H,1,12H2,2-6H3,(H,26,29). The van der Waals surface area contributed by atoms with Crippen LogP contribution in [0.25, 0.3) is 0 Å². The zero-order valence-electron chi connectivity index (χ0n) is 19.8. The summed E-state index contributed by atoms with van der Waals surface area (Å²) < 4.78 is 11.3. The molecule has 0 aliphatic carbocycles. The first-order valence-electron chi connectivity index (χ1n) is 10.3. The molecule has 0 aliphatic rings. The lowest BCUT2D eigenvalue weighted by Crippen LogP contribution is -2.49. The van der Waals surface area contributed by atoms with E-state index in [-0.39, 0.29) is 17.8 Å². The van der Waals surface area contributed by atoms with Crippen LogP contribution in [0.4, 0.5) is 5.69 Å². The molecule has 2 aromatic carbocycles. The van der Waals surface area contributed by atoms with E-state index < -0.39 is 28.3 Å². The van der Waals surface area contributed by atoms with E-state index in [4.69, 9.17) is 9.47 Å². The van der Waals surface area contributed by atoms with Crippen LogP contribution in [0.5, 0.6) is 11.5 Å². The molecule has 2 aromatic rings. The molecule has 1 N–H and O–H groups in total. The van der Waals surface area contributed by atoms with E-state index in [0.29, 0.717) is 20.6 Å². The number of non-ortho nitro benzene ring substituents is 1. The van der Waals surface area contributed by atoms with Crippen LogP contribution in [0.2, 0.25) is 0 Å². The van der Waals surface area contributed by atoms with Crippen molar-refractivity contribution < 1.29 is 24.0 Å². The molecule has 0 heterocycles. The number of amides is 2. The van der Waals surface area contributed by atoms with Gasteiger partial charge in [-0.1, -0.05) is 6.08 Å². The highest BCUT2D eigenvalue weighted by molar-refractivity contribution is 14.1. The van der Waals surface area contributed by atoms with Gasteiger partial charge in [0.1, 0.15) is 17.5 Å². The number of ether oxygens (including phenoxy) is 2. The Morgan fingerprint density at radius 2 is 1.82 bits per heavy atom. The Labute approximate surface area is 212 Å². The topological polar surface area (TPSA) is 111 Å². The number of hydrogen-bond donors (Lipinski definition) is 1. The van der Waals surface area contributed by atoms with Crippen LogP contribution in [0.1, 0.15) is 42.7 Å². The molecule has 0 aromatic heterocycles. The fourth-order valence-corrected chi connectivity index (χ4v) is 4.05. The van der Waals surface area contributed by atoms with Crippen molar-refractivity contribution in [3.8, 4) is 11.5 Å². The fourth-order valence-electron chi connectivity index (χ4n) is 3.28. The monoisotopic (exact) mass is 581 g/mol. The van der Waals surface area contributed by atoms with Gasteiger partial charge in [0, 0.05) is 30.3 Å². The van der Waals surface area contributed by atoms with E-state index in [2.05, 4.69) is 11.9 Å². The summed E-state index contributed by atoms with van der Waals surface area (Å²) in [5, 5.41) is 14.0. The summed E-state index contributed by atoms with van der Waals surface area (Å²) in [6, 6.07) is 7.74. The molecule has 0 spiro atoms. The van der Waals surface area contributed by atoms with Gasteiger partial charge in [0.25, 0.3) is 11.6 Å². The number of rotatable bonds is 9. The SMILES string of the molecule is C=CCN(C(=O)c1cc(OC)cc(OC)c1I)C(C(=O)NC(C)(C)C)c1ccc([N+](=O)[O-])cc1. The van der Waals surface area contributed by atoms with Crippen molar-refractivity contribution in [2.75, 3.05) is 20.8 Å². The Morgan fingerprint density at radius 1 is 1.21 bits per heavy atom. The summed E-state index contributed by atoms with van der Waals surface area (Å²) in [6.45, 7) is 9.28. The summed E-state index contributed by atoms with van der Waals surface area (Å²) in [7, 11) is 2.97. The maximum Gasteiger partial charge on any atom is 0.269 e. The number of nitro groups is 1. The van der Waals surface area contributed by atoms with Crippen molar-refractivity contribution >= 4 is 40.1 Å². The number of benzene rings is 2. The quantitative estimate of drug-likeness (QED) is 0.202. The predicted molar refractivity (Wildman–Crippen MR) is 137 cm³/mol. The van der Waals surface area contributed by atoms with Gasteiger partial charge >= 0.3 is 0 Å². The van der Waals surface area contributed by atoms with Crippen LogP contribution >= 0.6 is 22.6 Å². The summed E-state index contributed by atoms with van der Waals surface area (Å²) in [6.07, 6.45) is 1.52. The van der Waals surface area contributed by atoms with E-state index in [1.54, 1.807) is 12.1 Å². The molecule has 182 valence electrons. The molecule has 0 bridgehead atoms. The third kappa shape index (κ3) is 6.46. The Bertz CT molecular complexity index is 1080. The molecular weight excluding hydrogens is 553 g/mol. The van der Waals surface area contributed by atoms with Crippen molar-refractivity contribution in [2.24, 2.45) is 0 Å². The Hall–Kier alpha value is -3.15. The molecule has 1 atom stereocenters. The van der Waals surface area contributed by atoms with Gasteiger partial charge in [-0.05, 0) is 67.1 Å². The van der Waals surface area contributed by atoms with Crippen LogP contribution in [-0.4, -0.2) is 47.9 Å². The smallest absolute Gasteiger partial charge is 0.269 e. The van der Waals surface area contributed by atoms with Crippen LogP contribution in [0, 0.1) is 13.7 Å². The number of hydrogen-bond acceptors (Lipinski definition) is 6. The van der Waals surface area contributed by atoms with Gasteiger partial charge in [-0.3, -0.25) is 19.7 Å². The minimum Gasteiger partial charge on any atom is -0.497 e. The second-order valence-corrected chi connectivity index (χ2v) is 9.51. The number of carbonyl (C=O) groups is 2. The van der Waals surface area contributed by atoms with Gasteiger partial charge in [-0.25, -0.2) is 0 Å². The highest BCUT2D eigenvalue weighted by Crippen LogP contribution is 2.33. The number of halogens is 1. The molecule has 34 heavy (non-hydrogen) atoms.